The van der Waals surface area contributed by atoms with Crippen molar-refractivity contribution in [2.75, 3.05) is 17.2 Å². The Hall–Kier alpha value is -1.32. The summed E-state index contributed by atoms with van der Waals surface area (Å²) in [5.41, 5.74) is 19.4. The van der Waals surface area contributed by atoms with Crippen LogP contribution < -0.4 is 22.7 Å². The Bertz CT molecular complexity index is 280. The van der Waals surface area contributed by atoms with Crippen LogP contribution in [0.4, 0.5) is 17.1 Å². The molecule has 0 aliphatic heterocycles. The van der Waals surface area contributed by atoms with E-state index in [0.717, 1.165) is 5.56 Å². The van der Waals surface area contributed by atoms with Gasteiger partial charge in [0.05, 0.1) is 11.4 Å². The summed E-state index contributed by atoms with van der Waals surface area (Å²) in [6, 6.07) is 1.57. The van der Waals surface area contributed by atoms with Crippen LogP contribution in [0.1, 0.15) is 22.4 Å². The molecule has 0 saturated heterocycles. The van der Waals surface area contributed by atoms with Crippen LogP contribution in [0.5, 0.6) is 0 Å². The molecule has 0 aliphatic carbocycles. The van der Waals surface area contributed by atoms with Gasteiger partial charge in [-0.05, 0) is 18.6 Å². The molecule has 1 rings (SSSR count). The molecule has 1 aromatic rings. The molecule has 4 heteroatoms. The SMILES string of the molecule is CC.[2H][2H].[B]c1cc(N)c(N)c(C)c1N. The second kappa shape index (κ2) is 4.65. The van der Waals surface area contributed by atoms with Gasteiger partial charge in [0.1, 0.15) is 7.85 Å². The Balaban J connectivity index is 0. The topological polar surface area (TPSA) is 78.1 Å². The summed E-state index contributed by atoms with van der Waals surface area (Å²) in [5.74, 6) is 0. The minimum atomic E-state index is 0.481. The quantitative estimate of drug-likeness (QED) is 0.409. The standard InChI is InChI=1S/C7H10BN3.C2H6.H2/c1-3-6(10)4(8)2-5(9)7(3)11;1-2;/h2H,9-11H2,1H3;1-2H3;1H/i;;1+1D. The molecule has 0 aliphatic rings. The van der Waals surface area contributed by atoms with E-state index in [1.165, 1.54) is 0 Å². The van der Waals surface area contributed by atoms with Gasteiger partial charge in [-0.25, -0.2) is 0 Å². The van der Waals surface area contributed by atoms with Crippen molar-refractivity contribution in [3.05, 3.63) is 11.6 Å². The third-order valence-electron chi connectivity index (χ3n) is 1.74. The fraction of sp³-hybridized carbons (Fsp3) is 0.333. The van der Waals surface area contributed by atoms with Gasteiger partial charge < -0.3 is 17.2 Å². The van der Waals surface area contributed by atoms with Crippen molar-refractivity contribution in [1.29, 1.82) is 0 Å². The minimum absolute atomic E-state index is 0.481. The Morgan fingerprint density at radius 1 is 1.23 bits per heavy atom. The van der Waals surface area contributed by atoms with Gasteiger partial charge in [0.15, 0.2) is 0 Å². The van der Waals surface area contributed by atoms with Crippen molar-refractivity contribution in [3.8, 4) is 0 Å². The monoisotopic (exact) mass is 181 g/mol. The summed E-state index contributed by atoms with van der Waals surface area (Å²) in [6.45, 7) is 5.79. The molecule has 3 nitrogen and oxygen atoms in total. The van der Waals surface area contributed by atoms with E-state index in [1.807, 2.05) is 13.8 Å². The maximum absolute atomic E-state index is 5.59. The highest BCUT2D eigenvalue weighted by Gasteiger charge is 2.04. The summed E-state index contributed by atoms with van der Waals surface area (Å²) in [5, 5.41) is 0. The van der Waals surface area contributed by atoms with Crippen molar-refractivity contribution < 1.29 is 2.97 Å². The van der Waals surface area contributed by atoms with Crippen LogP contribution in [0.3, 0.4) is 0 Å². The molecule has 0 bridgehead atoms. The van der Waals surface area contributed by atoms with Gasteiger partial charge in [-0.3, -0.25) is 0 Å². The fourth-order valence-corrected chi connectivity index (χ4v) is 0.901. The zero-order valence-electron chi connectivity index (χ0n) is 10.4. The first kappa shape index (κ1) is 9.77. The molecule has 6 N–H and O–H groups in total. The lowest BCUT2D eigenvalue weighted by atomic mass is 9.90. The average Bonchev–Trinajstić information content (AvgIpc) is 2.29. The molecule has 0 amide bonds. The number of nitrogens with two attached hydrogens (primary N) is 3. The average molecular weight is 181 g/mol. The maximum atomic E-state index is 5.59. The van der Waals surface area contributed by atoms with Crippen LogP contribution in [-0.4, -0.2) is 7.85 Å². The van der Waals surface area contributed by atoms with E-state index >= 15 is 0 Å². The van der Waals surface area contributed by atoms with E-state index in [-0.39, 0.29) is 0 Å². The van der Waals surface area contributed by atoms with Gasteiger partial charge in [0.25, 0.3) is 0 Å². The number of anilines is 3. The third-order valence-corrected chi connectivity index (χ3v) is 1.74. The number of rotatable bonds is 0. The Morgan fingerprint density at radius 3 is 2.15 bits per heavy atom. The van der Waals surface area contributed by atoms with Crippen molar-refractivity contribution >= 4 is 30.4 Å². The van der Waals surface area contributed by atoms with E-state index < -0.39 is 0 Å². The highest BCUT2D eigenvalue weighted by Crippen LogP contribution is 2.21. The zero-order chi connectivity index (χ0) is 12.6. The molecular weight excluding hydrogens is 161 g/mol. The van der Waals surface area contributed by atoms with Gasteiger partial charge in [0.2, 0.25) is 0 Å². The molecule has 72 valence electrons. The van der Waals surface area contributed by atoms with Crippen LogP contribution >= 0.6 is 0 Å². The van der Waals surface area contributed by atoms with Crippen LogP contribution in [0.2, 0.25) is 0 Å². The van der Waals surface area contributed by atoms with Crippen molar-refractivity contribution in [2.45, 2.75) is 20.8 Å². The molecule has 0 saturated carbocycles. The zero-order valence-corrected chi connectivity index (χ0v) is 8.39. The molecule has 0 unspecified atom stereocenters. The van der Waals surface area contributed by atoms with Crippen molar-refractivity contribution in [1.82, 2.24) is 0 Å². The van der Waals surface area contributed by atoms with Crippen LogP contribution in [-0.2, 0) is 0 Å². The van der Waals surface area contributed by atoms with Crippen molar-refractivity contribution in [3.63, 3.8) is 0 Å². The number of nitrogen functional groups attached to an aromatic ring is 3. The molecule has 0 spiro atoms. The minimum Gasteiger partial charge on any atom is -0.399 e. The number of hydrogen-bond acceptors (Lipinski definition) is 3. The van der Waals surface area contributed by atoms with Crippen LogP contribution in [0.15, 0.2) is 6.07 Å². The van der Waals surface area contributed by atoms with Gasteiger partial charge in [-0.2, -0.15) is 0 Å². The van der Waals surface area contributed by atoms with E-state index in [2.05, 4.69) is 0 Å². The second-order valence-electron chi connectivity index (χ2n) is 2.51. The largest absolute Gasteiger partial charge is 0.399 e. The number of hydrogen-bond donors (Lipinski definition) is 3. The summed E-state index contributed by atoms with van der Waals surface area (Å²) in [6.07, 6.45) is 0. The lowest BCUT2D eigenvalue weighted by molar-refractivity contribution is 1.49. The summed E-state index contributed by atoms with van der Waals surface area (Å²) in [4.78, 5) is 0. The summed E-state index contributed by atoms with van der Waals surface area (Å²) >= 11 is 0. The first-order valence-electron chi connectivity index (χ1n) is 5.23. The van der Waals surface area contributed by atoms with E-state index in [9.17, 15) is 0 Å². The Morgan fingerprint density at radius 2 is 1.69 bits per heavy atom. The lowest BCUT2D eigenvalue weighted by Crippen LogP contribution is -2.14. The van der Waals surface area contributed by atoms with E-state index in [0.29, 0.717) is 22.5 Å². The Labute approximate surface area is 83.8 Å². The van der Waals surface area contributed by atoms with Gasteiger partial charge in [-0.1, -0.05) is 19.3 Å². The Kier molecular flexibility index (Phi) is 3.49. The third kappa shape index (κ3) is 2.31. The molecule has 0 aromatic heterocycles. The summed E-state index contributed by atoms with van der Waals surface area (Å²) in [7, 11) is 5.53. The maximum Gasteiger partial charge on any atom is 0.116 e. The smallest absolute Gasteiger partial charge is 0.116 e. The van der Waals surface area contributed by atoms with Gasteiger partial charge in [0, 0.05) is 8.66 Å². The first-order valence-corrected chi connectivity index (χ1v) is 4.23. The lowest BCUT2D eigenvalue weighted by Gasteiger charge is -2.10. The molecular formula is C9H18BN3. The highest BCUT2D eigenvalue weighted by atomic mass is 14.7. The molecule has 2 radical (unpaired) electrons. The van der Waals surface area contributed by atoms with Gasteiger partial charge >= 0.3 is 0 Å². The molecule has 13 heavy (non-hydrogen) atoms. The predicted octanol–water partition coefficient (Wildman–Crippen LogP) is 0.808. The van der Waals surface area contributed by atoms with Gasteiger partial charge in [-0.15, -0.1) is 0 Å². The normalized spacial score (nSPS) is 9.46. The van der Waals surface area contributed by atoms with Crippen LogP contribution in [0.25, 0.3) is 0 Å². The fourth-order valence-electron chi connectivity index (χ4n) is 0.901. The van der Waals surface area contributed by atoms with Crippen molar-refractivity contribution in [2.24, 2.45) is 0 Å². The highest BCUT2D eigenvalue weighted by molar-refractivity contribution is 6.36. The first-order chi connectivity index (χ1) is 7.04. The van der Waals surface area contributed by atoms with Crippen LogP contribution in [0, 0.1) is 6.92 Å². The predicted molar refractivity (Wildman–Crippen MR) is 63.3 cm³/mol. The second-order valence-corrected chi connectivity index (χ2v) is 2.51. The molecule has 0 fully saturated rings. The molecule has 1 aromatic carbocycles. The molecule has 0 heterocycles. The van der Waals surface area contributed by atoms with E-state index in [4.69, 9.17) is 28.0 Å². The van der Waals surface area contributed by atoms with E-state index in [1.54, 1.807) is 13.0 Å². The number of benzene rings is 1. The summed E-state index contributed by atoms with van der Waals surface area (Å²) < 4.78 is 10.0. The molecule has 0 atom stereocenters.